The Kier molecular flexibility index (Phi) is 4.23. The van der Waals surface area contributed by atoms with Crippen molar-refractivity contribution in [2.45, 2.75) is 6.92 Å². The van der Waals surface area contributed by atoms with Gasteiger partial charge in [0.2, 0.25) is 0 Å². The lowest BCUT2D eigenvalue weighted by Crippen LogP contribution is -2.18. The number of hydrogen-bond donors (Lipinski definition) is 0. The smallest absolute Gasteiger partial charge is 0.261 e. The predicted molar refractivity (Wildman–Crippen MR) is 76.4 cm³/mol. The highest BCUT2D eigenvalue weighted by Crippen LogP contribution is 2.44. The van der Waals surface area contributed by atoms with Gasteiger partial charge in [0.25, 0.3) is 7.37 Å². The highest BCUT2D eigenvalue weighted by Gasteiger charge is 2.27. The van der Waals surface area contributed by atoms with Crippen LogP contribution in [0.3, 0.4) is 0 Å². The fourth-order valence-electron chi connectivity index (χ4n) is 1.74. The maximum absolute atomic E-state index is 13.1. The highest BCUT2D eigenvalue weighted by molar-refractivity contribution is 7.74. The third-order valence-corrected chi connectivity index (χ3v) is 5.40. The fourth-order valence-corrected chi connectivity index (χ4v) is 3.93. The lowest BCUT2D eigenvalue weighted by molar-refractivity contribution is 0.348. The van der Waals surface area contributed by atoms with Gasteiger partial charge in [-0.25, -0.2) is 0 Å². The Morgan fingerprint density at radius 2 is 1.56 bits per heavy atom. The molecule has 0 fully saturated rings. The van der Waals surface area contributed by atoms with Crippen molar-refractivity contribution in [2.75, 3.05) is 6.61 Å². The second-order valence-corrected chi connectivity index (χ2v) is 6.61. The largest absolute Gasteiger partial charge is 0.322 e. The van der Waals surface area contributed by atoms with E-state index in [1.807, 2.05) is 37.3 Å². The van der Waals surface area contributed by atoms with E-state index >= 15 is 0 Å². The Balaban J connectivity index is 2.51. The number of benzene rings is 2. The van der Waals surface area contributed by atoms with E-state index in [9.17, 15) is 4.57 Å². The van der Waals surface area contributed by atoms with Crippen molar-refractivity contribution in [3.8, 4) is 0 Å². The maximum atomic E-state index is 13.1. The van der Waals surface area contributed by atoms with Gasteiger partial charge in [-0.1, -0.05) is 29.8 Å². The van der Waals surface area contributed by atoms with E-state index in [4.69, 9.17) is 16.1 Å². The van der Waals surface area contributed by atoms with E-state index in [1.165, 1.54) is 0 Å². The molecule has 4 heteroatoms. The third-order valence-electron chi connectivity index (χ3n) is 2.57. The van der Waals surface area contributed by atoms with Gasteiger partial charge < -0.3 is 4.52 Å². The molecule has 18 heavy (non-hydrogen) atoms. The molecule has 0 heterocycles. The van der Waals surface area contributed by atoms with Crippen molar-refractivity contribution >= 4 is 29.6 Å². The summed E-state index contributed by atoms with van der Waals surface area (Å²) in [6.07, 6.45) is 0. The normalized spacial score (nSPS) is 14.1. The quantitative estimate of drug-likeness (QED) is 0.800. The van der Waals surface area contributed by atoms with Gasteiger partial charge >= 0.3 is 0 Å². The van der Waals surface area contributed by atoms with Crippen molar-refractivity contribution in [2.24, 2.45) is 0 Å². The number of halogens is 1. The molecule has 2 nitrogen and oxygen atoms in total. The topological polar surface area (TPSA) is 26.3 Å². The van der Waals surface area contributed by atoms with E-state index in [0.29, 0.717) is 22.2 Å². The monoisotopic (exact) mass is 280 g/mol. The van der Waals surface area contributed by atoms with Gasteiger partial charge in [-0.2, -0.15) is 0 Å². The lowest BCUT2D eigenvalue weighted by atomic mass is 10.4. The van der Waals surface area contributed by atoms with Gasteiger partial charge in [0.05, 0.1) is 6.61 Å². The van der Waals surface area contributed by atoms with E-state index < -0.39 is 7.37 Å². The molecule has 0 aliphatic rings. The highest BCUT2D eigenvalue weighted by atomic mass is 35.5. The Morgan fingerprint density at radius 3 is 2.11 bits per heavy atom. The molecule has 0 N–H and O–H groups in total. The first-order chi connectivity index (χ1) is 8.66. The second-order valence-electron chi connectivity index (χ2n) is 3.78. The van der Waals surface area contributed by atoms with Crippen LogP contribution in [0.15, 0.2) is 54.6 Å². The molecule has 1 atom stereocenters. The molecule has 0 amide bonds. The van der Waals surface area contributed by atoms with Gasteiger partial charge in [0.15, 0.2) is 0 Å². The van der Waals surface area contributed by atoms with Crippen molar-refractivity contribution in [1.82, 2.24) is 0 Å². The minimum Gasteiger partial charge on any atom is -0.322 e. The molecular formula is C14H14ClO2P. The van der Waals surface area contributed by atoms with Gasteiger partial charge in [-0.15, -0.1) is 0 Å². The maximum Gasteiger partial charge on any atom is 0.261 e. The van der Waals surface area contributed by atoms with Gasteiger partial charge in [0.1, 0.15) is 0 Å². The van der Waals surface area contributed by atoms with Crippen molar-refractivity contribution < 1.29 is 9.09 Å². The molecule has 0 aromatic heterocycles. The molecule has 0 aliphatic heterocycles. The zero-order valence-electron chi connectivity index (χ0n) is 10.0. The first-order valence-corrected chi connectivity index (χ1v) is 7.73. The van der Waals surface area contributed by atoms with Crippen molar-refractivity contribution in [3.05, 3.63) is 59.6 Å². The molecule has 0 spiro atoms. The average molecular weight is 281 g/mol. The third kappa shape index (κ3) is 2.67. The molecule has 0 aliphatic carbocycles. The molecule has 2 rings (SSSR count). The van der Waals surface area contributed by atoms with Gasteiger partial charge in [-0.3, -0.25) is 4.57 Å². The van der Waals surface area contributed by atoms with Crippen LogP contribution in [-0.2, 0) is 9.09 Å². The standard InChI is InChI=1S/C14H14ClO2P/c1-2-17-18(16,13-6-4-3-5-7-13)14-10-8-12(15)9-11-14/h3-11H,2H2,1H3. The number of rotatable bonds is 4. The first-order valence-electron chi connectivity index (χ1n) is 5.73. The van der Waals surface area contributed by atoms with Crippen LogP contribution in [-0.4, -0.2) is 6.61 Å². The summed E-state index contributed by atoms with van der Waals surface area (Å²) in [4.78, 5) is 0. The van der Waals surface area contributed by atoms with Crippen LogP contribution in [0.5, 0.6) is 0 Å². The molecule has 1 unspecified atom stereocenters. The molecule has 94 valence electrons. The van der Waals surface area contributed by atoms with Crippen LogP contribution in [0.2, 0.25) is 5.02 Å². The van der Waals surface area contributed by atoms with E-state index in [-0.39, 0.29) is 0 Å². The fraction of sp³-hybridized carbons (Fsp3) is 0.143. The van der Waals surface area contributed by atoms with Crippen LogP contribution in [0, 0.1) is 0 Å². The minimum absolute atomic E-state index is 0.398. The van der Waals surface area contributed by atoms with Crippen molar-refractivity contribution in [1.29, 1.82) is 0 Å². The van der Waals surface area contributed by atoms with Gasteiger partial charge in [0, 0.05) is 15.6 Å². The van der Waals surface area contributed by atoms with E-state index in [0.717, 1.165) is 0 Å². The Labute approximate surface area is 112 Å². The molecule has 0 bridgehead atoms. The molecular weight excluding hydrogens is 267 g/mol. The summed E-state index contributed by atoms with van der Waals surface area (Å²) in [6.45, 7) is 2.24. The second kappa shape index (κ2) is 5.71. The number of hydrogen-bond acceptors (Lipinski definition) is 2. The van der Waals surface area contributed by atoms with Crippen LogP contribution in [0.1, 0.15) is 6.92 Å². The molecule has 2 aromatic carbocycles. The van der Waals surface area contributed by atoms with Crippen molar-refractivity contribution in [3.63, 3.8) is 0 Å². The summed E-state index contributed by atoms with van der Waals surface area (Å²) >= 11 is 5.85. The van der Waals surface area contributed by atoms with Crippen LogP contribution in [0.25, 0.3) is 0 Å². The molecule has 0 saturated carbocycles. The SMILES string of the molecule is CCOP(=O)(c1ccccc1)c1ccc(Cl)cc1. The summed E-state index contributed by atoms with van der Waals surface area (Å²) in [5.74, 6) is 0. The summed E-state index contributed by atoms with van der Waals surface area (Å²) in [7, 11) is -3.00. The van der Waals surface area contributed by atoms with E-state index in [2.05, 4.69) is 0 Å². The minimum atomic E-state index is -3.00. The molecule has 0 saturated heterocycles. The lowest BCUT2D eigenvalue weighted by Gasteiger charge is -2.18. The van der Waals surface area contributed by atoms with Gasteiger partial charge in [-0.05, 0) is 43.3 Å². The van der Waals surface area contributed by atoms with Crippen LogP contribution >= 0.6 is 19.0 Å². The molecule has 2 aromatic rings. The first kappa shape index (κ1) is 13.4. The van der Waals surface area contributed by atoms with Crippen LogP contribution in [0.4, 0.5) is 0 Å². The zero-order valence-corrected chi connectivity index (χ0v) is 11.7. The Morgan fingerprint density at radius 1 is 1.00 bits per heavy atom. The average Bonchev–Trinajstić information content (AvgIpc) is 2.40. The zero-order chi connectivity index (χ0) is 13.0. The summed E-state index contributed by atoms with van der Waals surface area (Å²) < 4.78 is 18.6. The summed E-state index contributed by atoms with van der Waals surface area (Å²) in [6, 6.07) is 16.2. The summed E-state index contributed by atoms with van der Waals surface area (Å²) in [5, 5.41) is 1.99. The summed E-state index contributed by atoms with van der Waals surface area (Å²) in [5.41, 5.74) is 0. The predicted octanol–water partition coefficient (Wildman–Crippen LogP) is 3.61. The Bertz CT molecular complexity index is 552. The Hall–Kier alpha value is -1.08. The van der Waals surface area contributed by atoms with E-state index in [1.54, 1.807) is 24.3 Å². The van der Waals surface area contributed by atoms with Crippen LogP contribution < -0.4 is 10.6 Å². The molecule has 0 radical (unpaired) electrons.